The van der Waals surface area contributed by atoms with Crippen molar-refractivity contribution in [2.45, 2.75) is 32.2 Å². The average molecular weight is 433 g/mol. The molecule has 1 aliphatic rings. The van der Waals surface area contributed by atoms with Crippen LogP contribution in [0, 0.1) is 0 Å². The quantitative estimate of drug-likeness (QED) is 0.504. The van der Waals surface area contributed by atoms with Crippen LogP contribution in [0.2, 0.25) is 5.02 Å². The Balaban J connectivity index is 1.38. The second-order valence-electron chi connectivity index (χ2n) is 7.55. The number of hydrogen-bond acceptors (Lipinski definition) is 4. The number of benzene rings is 2. The molecule has 2 aromatic carbocycles. The minimum Gasteiger partial charge on any atom is -0.322 e. The van der Waals surface area contributed by atoms with E-state index in [-0.39, 0.29) is 5.91 Å². The van der Waals surface area contributed by atoms with Crippen molar-refractivity contribution >= 4 is 23.2 Å². The van der Waals surface area contributed by atoms with Gasteiger partial charge in [0.2, 0.25) is 0 Å². The van der Waals surface area contributed by atoms with Gasteiger partial charge in [-0.25, -0.2) is 4.68 Å². The maximum atomic E-state index is 12.8. The van der Waals surface area contributed by atoms with Gasteiger partial charge in [0.15, 0.2) is 5.82 Å². The molecule has 1 aliphatic heterocycles. The van der Waals surface area contributed by atoms with Gasteiger partial charge in [0.05, 0.1) is 10.7 Å². The lowest BCUT2D eigenvalue weighted by atomic mass is 10.1. The highest BCUT2D eigenvalue weighted by atomic mass is 35.5. The topological polar surface area (TPSA) is 77.6 Å². The minimum atomic E-state index is -0.194. The average Bonchev–Trinajstić information content (AvgIpc) is 3.41. The number of carbonyl (C=O) groups is 1. The van der Waals surface area contributed by atoms with Crippen molar-refractivity contribution in [2.24, 2.45) is 0 Å². The van der Waals surface area contributed by atoms with E-state index in [0.29, 0.717) is 16.3 Å². The van der Waals surface area contributed by atoms with Gasteiger partial charge < -0.3 is 9.88 Å². The molecule has 0 aliphatic carbocycles. The Kier molecular flexibility index (Phi) is 5.26. The smallest absolute Gasteiger partial charge is 0.255 e. The maximum absolute atomic E-state index is 12.8. The van der Waals surface area contributed by atoms with Gasteiger partial charge in [0.25, 0.3) is 5.91 Å². The predicted octanol–water partition coefficient (Wildman–Crippen LogP) is 4.76. The van der Waals surface area contributed by atoms with Gasteiger partial charge in [-0.1, -0.05) is 18.0 Å². The van der Waals surface area contributed by atoms with Crippen LogP contribution in [0.25, 0.3) is 17.1 Å². The number of hydrogen-bond donors (Lipinski definition) is 1. The Bertz CT molecular complexity index is 1210. The van der Waals surface area contributed by atoms with E-state index in [4.69, 9.17) is 11.6 Å². The fourth-order valence-corrected chi connectivity index (χ4v) is 4.05. The van der Waals surface area contributed by atoms with Crippen molar-refractivity contribution in [2.75, 3.05) is 5.32 Å². The van der Waals surface area contributed by atoms with Gasteiger partial charge >= 0.3 is 0 Å². The van der Waals surface area contributed by atoms with Crippen LogP contribution in [0.1, 0.15) is 35.4 Å². The molecule has 0 radical (unpaired) electrons. The number of nitrogens with zero attached hydrogens (tertiary/aromatic N) is 5. The number of aryl methyl sites for hydroxylation is 1. The molecule has 1 N–H and O–H groups in total. The fraction of sp³-hybridized carbons (Fsp3) is 0.217. The van der Waals surface area contributed by atoms with Crippen molar-refractivity contribution in [1.29, 1.82) is 0 Å². The number of carbonyl (C=O) groups excluding carboxylic acids is 1. The zero-order chi connectivity index (χ0) is 21.2. The monoisotopic (exact) mass is 432 g/mol. The highest BCUT2D eigenvalue weighted by molar-refractivity contribution is 6.33. The molecule has 3 heterocycles. The summed E-state index contributed by atoms with van der Waals surface area (Å²) in [6.07, 6.45) is 7.91. The van der Waals surface area contributed by atoms with Gasteiger partial charge in [-0.2, -0.15) is 5.10 Å². The molecule has 8 heteroatoms. The van der Waals surface area contributed by atoms with Crippen molar-refractivity contribution in [3.8, 4) is 17.1 Å². The number of anilines is 1. The first-order chi connectivity index (χ1) is 15.2. The van der Waals surface area contributed by atoms with Crippen molar-refractivity contribution in [3.63, 3.8) is 0 Å². The van der Waals surface area contributed by atoms with Crippen LogP contribution >= 0.6 is 11.6 Å². The first-order valence-electron chi connectivity index (χ1n) is 10.3. The number of halogens is 1. The molecule has 1 amide bonds. The highest BCUT2D eigenvalue weighted by Crippen LogP contribution is 2.31. The predicted molar refractivity (Wildman–Crippen MR) is 120 cm³/mol. The minimum absolute atomic E-state index is 0.194. The van der Waals surface area contributed by atoms with Crippen LogP contribution in [0.3, 0.4) is 0 Å². The van der Waals surface area contributed by atoms with Crippen LogP contribution in [-0.4, -0.2) is 30.5 Å². The van der Waals surface area contributed by atoms with Gasteiger partial charge in [0, 0.05) is 42.2 Å². The Morgan fingerprint density at radius 3 is 2.71 bits per heavy atom. The number of amides is 1. The van der Waals surface area contributed by atoms with E-state index in [1.165, 1.54) is 6.42 Å². The van der Waals surface area contributed by atoms with Gasteiger partial charge in [-0.3, -0.25) is 4.79 Å². The SMILES string of the molecule is O=C(Nc1ccc(Cl)c(-c2nnc3n2CCCCC3)c1)c1ccc(-n2cccn2)cc1. The molecule has 2 aromatic heterocycles. The first kappa shape index (κ1) is 19.5. The summed E-state index contributed by atoms with van der Waals surface area (Å²) >= 11 is 6.49. The summed E-state index contributed by atoms with van der Waals surface area (Å²) in [6, 6.07) is 14.6. The van der Waals surface area contributed by atoms with Crippen LogP contribution in [0.4, 0.5) is 5.69 Å². The van der Waals surface area contributed by atoms with E-state index < -0.39 is 0 Å². The van der Waals surface area contributed by atoms with Crippen LogP contribution in [0.15, 0.2) is 60.9 Å². The summed E-state index contributed by atoms with van der Waals surface area (Å²) < 4.78 is 3.89. The number of aromatic nitrogens is 5. The molecular weight excluding hydrogens is 412 g/mol. The van der Waals surface area contributed by atoms with Crippen LogP contribution in [0.5, 0.6) is 0 Å². The summed E-state index contributed by atoms with van der Waals surface area (Å²) in [5.74, 6) is 1.55. The van der Waals surface area contributed by atoms with Crippen molar-refractivity contribution < 1.29 is 4.79 Å². The molecule has 7 nitrogen and oxygen atoms in total. The molecule has 0 saturated carbocycles. The van der Waals surface area contributed by atoms with E-state index >= 15 is 0 Å². The van der Waals surface area contributed by atoms with Crippen LogP contribution < -0.4 is 5.32 Å². The molecule has 0 bridgehead atoms. The summed E-state index contributed by atoms with van der Waals surface area (Å²) in [6.45, 7) is 0.882. The van der Waals surface area contributed by atoms with Gasteiger partial charge in [-0.15, -0.1) is 10.2 Å². The number of nitrogens with one attached hydrogen (secondary N) is 1. The van der Waals surface area contributed by atoms with Crippen molar-refractivity contribution in [1.82, 2.24) is 24.5 Å². The molecule has 31 heavy (non-hydrogen) atoms. The fourth-order valence-electron chi connectivity index (χ4n) is 3.85. The molecule has 0 spiro atoms. The number of rotatable bonds is 4. The van der Waals surface area contributed by atoms with E-state index in [2.05, 4.69) is 25.2 Å². The van der Waals surface area contributed by atoms with Crippen LogP contribution in [-0.2, 0) is 13.0 Å². The molecule has 156 valence electrons. The number of fused-ring (bicyclic) bond motifs is 1. The third kappa shape index (κ3) is 3.96. The van der Waals surface area contributed by atoms with E-state index in [1.54, 1.807) is 35.1 Å². The lowest BCUT2D eigenvalue weighted by Crippen LogP contribution is -2.12. The summed E-state index contributed by atoms with van der Waals surface area (Å²) in [5, 5.41) is 16.5. The Labute approximate surface area is 184 Å². The van der Waals surface area contributed by atoms with Crippen molar-refractivity contribution in [3.05, 3.63) is 77.3 Å². The Morgan fingerprint density at radius 1 is 1.03 bits per heavy atom. The molecule has 0 atom stereocenters. The normalized spacial score (nSPS) is 13.5. The molecular formula is C23H21ClN6O. The molecule has 0 fully saturated rings. The summed E-state index contributed by atoms with van der Waals surface area (Å²) in [5.41, 5.74) is 2.88. The van der Waals surface area contributed by atoms with E-state index in [1.807, 2.05) is 30.5 Å². The lowest BCUT2D eigenvalue weighted by Gasteiger charge is -2.11. The molecule has 0 saturated heterocycles. The zero-order valence-electron chi connectivity index (χ0n) is 16.8. The first-order valence-corrected chi connectivity index (χ1v) is 10.7. The van der Waals surface area contributed by atoms with Gasteiger partial charge in [-0.05, 0) is 61.4 Å². The zero-order valence-corrected chi connectivity index (χ0v) is 17.6. The highest BCUT2D eigenvalue weighted by Gasteiger charge is 2.19. The standard InChI is InChI=1S/C23H21ClN6O/c24-20-11-8-17(15-19(20)22-28-27-21-5-2-1-3-13-29(21)22)26-23(31)16-6-9-18(10-7-16)30-14-4-12-25-30/h4,6-12,14-15H,1-3,5,13H2,(H,26,31). The third-order valence-electron chi connectivity index (χ3n) is 5.47. The molecule has 0 unspecified atom stereocenters. The Hall–Kier alpha value is -3.45. The van der Waals surface area contributed by atoms with E-state index in [0.717, 1.165) is 48.7 Å². The molecule has 4 aromatic rings. The second kappa shape index (κ2) is 8.35. The summed E-state index contributed by atoms with van der Waals surface area (Å²) in [4.78, 5) is 12.8. The maximum Gasteiger partial charge on any atom is 0.255 e. The largest absolute Gasteiger partial charge is 0.322 e. The second-order valence-corrected chi connectivity index (χ2v) is 7.96. The third-order valence-corrected chi connectivity index (χ3v) is 5.80. The lowest BCUT2D eigenvalue weighted by molar-refractivity contribution is 0.102. The van der Waals surface area contributed by atoms with E-state index in [9.17, 15) is 4.79 Å². The Morgan fingerprint density at radius 2 is 1.90 bits per heavy atom. The summed E-state index contributed by atoms with van der Waals surface area (Å²) in [7, 11) is 0. The molecule has 5 rings (SSSR count). The van der Waals surface area contributed by atoms with Gasteiger partial charge in [0.1, 0.15) is 5.82 Å².